The quantitative estimate of drug-likeness (QED) is 0.649. The van der Waals surface area contributed by atoms with Crippen molar-refractivity contribution in [3.8, 4) is 0 Å². The van der Waals surface area contributed by atoms with E-state index in [9.17, 15) is 9.59 Å². The molecule has 3 N–H and O–H groups in total. The minimum atomic E-state index is -0.118. The van der Waals surface area contributed by atoms with Crippen LogP contribution in [0.15, 0.2) is 48.5 Å². The summed E-state index contributed by atoms with van der Waals surface area (Å²) in [5.74, 6) is -0.205. The number of amides is 2. The lowest BCUT2D eigenvalue weighted by molar-refractivity contribution is -0.862. The number of aryl methyl sites for hydroxylation is 1. The Balaban J connectivity index is 1.81. The van der Waals surface area contributed by atoms with Crippen LogP contribution < -0.4 is 15.5 Å². The largest absolute Gasteiger partial charge is 0.345 e. The normalized spacial score (nSPS) is 12.9. The van der Waals surface area contributed by atoms with Gasteiger partial charge in [0.05, 0.1) is 13.1 Å². The Morgan fingerprint density at radius 1 is 1.04 bits per heavy atom. The number of carbonyl (C=O) groups excluding carboxylic acids is 2. The van der Waals surface area contributed by atoms with Crippen molar-refractivity contribution in [2.45, 2.75) is 26.3 Å². The van der Waals surface area contributed by atoms with Gasteiger partial charge in [-0.2, -0.15) is 0 Å². The third kappa shape index (κ3) is 6.70. The molecule has 2 atom stereocenters. The first-order chi connectivity index (χ1) is 12.9. The monoisotopic (exact) mass is 388 g/mol. The topological polar surface area (TPSA) is 62.6 Å². The first-order valence-electron chi connectivity index (χ1n) is 9.13. The number of hydrogen-bond donors (Lipinski definition) is 3. The summed E-state index contributed by atoms with van der Waals surface area (Å²) in [4.78, 5) is 25.3. The van der Waals surface area contributed by atoms with E-state index in [1.807, 2.05) is 50.4 Å². The number of benzene rings is 2. The highest BCUT2D eigenvalue weighted by Crippen LogP contribution is 2.16. The Morgan fingerprint density at radius 2 is 1.67 bits per heavy atom. The summed E-state index contributed by atoms with van der Waals surface area (Å²) in [6.45, 7) is 4.42. The zero-order valence-electron chi connectivity index (χ0n) is 16.0. The molecule has 1 unspecified atom stereocenters. The van der Waals surface area contributed by atoms with E-state index in [2.05, 4.69) is 17.6 Å². The minimum absolute atomic E-state index is 0.100. The second-order valence-electron chi connectivity index (χ2n) is 6.71. The Hall–Kier alpha value is -2.37. The Kier molecular flexibility index (Phi) is 7.82. The Morgan fingerprint density at radius 3 is 2.33 bits per heavy atom. The number of para-hydroxylation sites is 1. The molecule has 0 aromatic heterocycles. The maximum absolute atomic E-state index is 12.3. The van der Waals surface area contributed by atoms with Crippen LogP contribution in [0, 0.1) is 0 Å². The molecule has 0 radical (unpaired) electrons. The summed E-state index contributed by atoms with van der Waals surface area (Å²) in [5, 5.41) is 6.55. The van der Waals surface area contributed by atoms with Gasteiger partial charge in [0.1, 0.15) is 0 Å². The predicted octanol–water partition coefficient (Wildman–Crippen LogP) is 2.23. The molecule has 0 bridgehead atoms. The van der Waals surface area contributed by atoms with Crippen LogP contribution in [0.5, 0.6) is 0 Å². The maximum atomic E-state index is 12.3. The molecular weight excluding hydrogens is 362 g/mol. The van der Waals surface area contributed by atoms with Crippen LogP contribution in [-0.4, -0.2) is 32.0 Å². The van der Waals surface area contributed by atoms with Gasteiger partial charge in [0.2, 0.25) is 0 Å². The lowest BCUT2D eigenvalue weighted by Crippen LogP contribution is -3.11. The summed E-state index contributed by atoms with van der Waals surface area (Å²) >= 11 is 5.89. The molecule has 0 aliphatic carbocycles. The fourth-order valence-corrected chi connectivity index (χ4v) is 3.01. The molecule has 0 saturated heterocycles. The number of halogens is 1. The van der Waals surface area contributed by atoms with Crippen LogP contribution in [-0.2, 0) is 16.0 Å². The van der Waals surface area contributed by atoms with Gasteiger partial charge < -0.3 is 15.5 Å². The molecule has 2 aromatic rings. The molecule has 0 fully saturated rings. The molecule has 2 aromatic carbocycles. The van der Waals surface area contributed by atoms with Crippen LogP contribution in [0.4, 0.5) is 5.69 Å². The molecule has 0 aliphatic rings. The van der Waals surface area contributed by atoms with E-state index >= 15 is 0 Å². The van der Waals surface area contributed by atoms with Crippen molar-refractivity contribution in [2.24, 2.45) is 0 Å². The number of rotatable bonds is 8. The maximum Gasteiger partial charge on any atom is 0.279 e. The molecule has 6 heteroatoms. The van der Waals surface area contributed by atoms with Gasteiger partial charge in [-0.1, -0.05) is 48.9 Å². The summed E-state index contributed by atoms with van der Waals surface area (Å²) in [6.07, 6.45) is 0.851. The molecule has 2 amide bonds. The lowest BCUT2D eigenvalue weighted by Gasteiger charge is -2.17. The molecule has 0 saturated carbocycles. The van der Waals surface area contributed by atoms with Gasteiger partial charge in [-0.3, -0.25) is 9.59 Å². The summed E-state index contributed by atoms with van der Waals surface area (Å²) in [5.41, 5.74) is 2.91. The van der Waals surface area contributed by atoms with Crippen LogP contribution >= 0.6 is 11.6 Å². The second-order valence-corrected chi connectivity index (χ2v) is 7.15. The highest BCUT2D eigenvalue weighted by molar-refractivity contribution is 6.30. The van der Waals surface area contributed by atoms with E-state index in [-0.39, 0.29) is 30.9 Å². The molecule has 2 rings (SSSR count). The van der Waals surface area contributed by atoms with Gasteiger partial charge in [0.25, 0.3) is 11.8 Å². The Labute approximate surface area is 165 Å². The van der Waals surface area contributed by atoms with Crippen molar-refractivity contribution < 1.29 is 14.5 Å². The van der Waals surface area contributed by atoms with E-state index in [0.717, 1.165) is 28.1 Å². The lowest BCUT2D eigenvalue weighted by atomic mass is 10.1. The van der Waals surface area contributed by atoms with E-state index in [1.165, 1.54) is 0 Å². The van der Waals surface area contributed by atoms with Crippen LogP contribution in [0.3, 0.4) is 0 Å². The first-order valence-corrected chi connectivity index (χ1v) is 9.50. The molecule has 0 spiro atoms. The SMILES string of the molecule is CCc1ccccc1NC(=O)C[NH+](C)CC(=O)N[C@H](C)c1ccc(Cl)cc1. The third-order valence-electron chi connectivity index (χ3n) is 4.34. The van der Waals surface area contributed by atoms with E-state index in [1.54, 1.807) is 12.1 Å². The number of carbonyl (C=O) groups is 2. The van der Waals surface area contributed by atoms with E-state index in [4.69, 9.17) is 11.6 Å². The van der Waals surface area contributed by atoms with Crippen molar-refractivity contribution in [2.75, 3.05) is 25.5 Å². The van der Waals surface area contributed by atoms with Crippen molar-refractivity contribution in [1.29, 1.82) is 0 Å². The van der Waals surface area contributed by atoms with Gasteiger partial charge in [0, 0.05) is 10.7 Å². The van der Waals surface area contributed by atoms with Crippen molar-refractivity contribution in [3.05, 3.63) is 64.7 Å². The number of anilines is 1. The zero-order chi connectivity index (χ0) is 19.8. The molecule has 0 heterocycles. The van der Waals surface area contributed by atoms with E-state index < -0.39 is 0 Å². The highest BCUT2D eigenvalue weighted by Gasteiger charge is 2.17. The zero-order valence-corrected chi connectivity index (χ0v) is 16.8. The van der Waals surface area contributed by atoms with Gasteiger partial charge in [0.15, 0.2) is 13.1 Å². The molecule has 27 heavy (non-hydrogen) atoms. The fourth-order valence-electron chi connectivity index (χ4n) is 2.88. The van der Waals surface area contributed by atoms with Gasteiger partial charge in [-0.05, 0) is 42.7 Å². The average Bonchev–Trinajstić information content (AvgIpc) is 2.62. The predicted molar refractivity (Wildman–Crippen MR) is 109 cm³/mol. The number of nitrogens with one attached hydrogen (secondary N) is 3. The van der Waals surface area contributed by atoms with Crippen LogP contribution in [0.25, 0.3) is 0 Å². The summed E-state index contributed by atoms with van der Waals surface area (Å²) < 4.78 is 0. The van der Waals surface area contributed by atoms with Crippen LogP contribution in [0.2, 0.25) is 5.02 Å². The second kappa shape index (κ2) is 10.1. The summed E-state index contributed by atoms with van der Waals surface area (Å²) in [7, 11) is 1.83. The number of likely N-dealkylation sites (N-methyl/N-ethyl adjacent to an activating group) is 1. The first kappa shape index (κ1) is 20.9. The number of hydrogen-bond acceptors (Lipinski definition) is 2. The third-order valence-corrected chi connectivity index (χ3v) is 4.60. The van der Waals surface area contributed by atoms with Crippen LogP contribution in [0.1, 0.15) is 31.0 Å². The average molecular weight is 389 g/mol. The Bertz CT molecular complexity index is 777. The van der Waals surface area contributed by atoms with E-state index in [0.29, 0.717) is 5.02 Å². The van der Waals surface area contributed by atoms with Gasteiger partial charge >= 0.3 is 0 Å². The molecule has 0 aliphatic heterocycles. The number of quaternary nitrogens is 1. The fraction of sp³-hybridized carbons (Fsp3) is 0.333. The van der Waals surface area contributed by atoms with Crippen molar-refractivity contribution >= 4 is 29.1 Å². The van der Waals surface area contributed by atoms with Gasteiger partial charge in [-0.15, -0.1) is 0 Å². The highest BCUT2D eigenvalue weighted by atomic mass is 35.5. The van der Waals surface area contributed by atoms with Crippen molar-refractivity contribution in [3.63, 3.8) is 0 Å². The smallest absolute Gasteiger partial charge is 0.279 e. The molecule has 5 nitrogen and oxygen atoms in total. The summed E-state index contributed by atoms with van der Waals surface area (Å²) in [6, 6.07) is 15.0. The van der Waals surface area contributed by atoms with Crippen molar-refractivity contribution in [1.82, 2.24) is 5.32 Å². The molecule has 144 valence electrons. The van der Waals surface area contributed by atoms with Gasteiger partial charge in [-0.25, -0.2) is 0 Å². The standard InChI is InChI=1S/C21H26ClN3O2/c1-4-16-7-5-6-8-19(16)24-21(27)14-25(3)13-20(26)23-15(2)17-9-11-18(22)12-10-17/h5-12,15H,4,13-14H2,1-3H3,(H,23,26)(H,24,27)/p+1/t15-/m1/s1. The molecular formula is C21H27ClN3O2+. The minimum Gasteiger partial charge on any atom is -0.345 e.